The van der Waals surface area contributed by atoms with Crippen LogP contribution < -0.4 is 5.73 Å². The Morgan fingerprint density at radius 1 is 1.18 bits per heavy atom. The average molecular weight is 240 g/mol. The number of rotatable bonds is 2. The van der Waals surface area contributed by atoms with Crippen molar-refractivity contribution in [3.63, 3.8) is 0 Å². The Labute approximate surface area is 103 Å². The molecule has 2 heterocycles. The third kappa shape index (κ3) is 3.19. The normalized spacial score (nSPS) is 27.8. The fourth-order valence-corrected chi connectivity index (χ4v) is 2.89. The van der Waals surface area contributed by atoms with Gasteiger partial charge in [0.05, 0.1) is 0 Å². The van der Waals surface area contributed by atoms with Crippen molar-refractivity contribution < 1.29 is 9.53 Å². The van der Waals surface area contributed by atoms with Gasteiger partial charge in [-0.25, -0.2) is 0 Å². The Morgan fingerprint density at radius 3 is 2.65 bits per heavy atom. The minimum absolute atomic E-state index is 0.177. The number of likely N-dealkylation sites (tertiary alicyclic amines) is 1. The van der Waals surface area contributed by atoms with Gasteiger partial charge in [0.1, 0.15) is 0 Å². The van der Waals surface area contributed by atoms with E-state index in [2.05, 4.69) is 4.90 Å². The van der Waals surface area contributed by atoms with E-state index in [1.165, 1.54) is 12.8 Å². The molecule has 2 N–H and O–H groups in total. The second-order valence-corrected chi connectivity index (χ2v) is 5.16. The molecule has 2 aliphatic heterocycles. The van der Waals surface area contributed by atoms with Crippen molar-refractivity contribution in [2.45, 2.75) is 44.6 Å². The first-order chi connectivity index (χ1) is 8.33. The highest BCUT2D eigenvalue weighted by molar-refractivity contribution is 5.79. The van der Waals surface area contributed by atoms with E-state index < -0.39 is 0 Å². The average Bonchev–Trinajstić information content (AvgIpc) is 2.64. The lowest BCUT2D eigenvalue weighted by atomic mass is 9.97. The molecule has 1 amide bonds. The van der Waals surface area contributed by atoms with E-state index in [1.807, 2.05) is 0 Å². The van der Waals surface area contributed by atoms with Crippen LogP contribution in [0.25, 0.3) is 0 Å². The van der Waals surface area contributed by atoms with Crippen molar-refractivity contribution >= 4 is 5.91 Å². The number of carbonyl (C=O) groups is 1. The maximum absolute atomic E-state index is 12.5. The molecule has 0 spiro atoms. The Balaban J connectivity index is 1.98. The summed E-state index contributed by atoms with van der Waals surface area (Å²) in [5.41, 5.74) is 5.81. The van der Waals surface area contributed by atoms with Crippen LogP contribution in [0.4, 0.5) is 0 Å². The molecule has 0 aromatic rings. The molecule has 2 rings (SSSR count). The zero-order valence-electron chi connectivity index (χ0n) is 10.6. The fraction of sp³-hybridized carbons (Fsp3) is 0.923. The smallest absolute Gasteiger partial charge is 0.226 e. The van der Waals surface area contributed by atoms with Crippen LogP contribution in [0.2, 0.25) is 0 Å². The van der Waals surface area contributed by atoms with Crippen LogP contribution in [0.1, 0.15) is 38.5 Å². The van der Waals surface area contributed by atoms with E-state index in [0.29, 0.717) is 12.5 Å². The lowest BCUT2D eigenvalue weighted by Gasteiger charge is -2.33. The summed E-state index contributed by atoms with van der Waals surface area (Å²) in [6, 6.07) is 0.271. The Hall–Kier alpha value is -0.610. The number of nitrogens with two attached hydrogens (primary N) is 1. The van der Waals surface area contributed by atoms with Gasteiger partial charge in [-0.2, -0.15) is 0 Å². The zero-order valence-corrected chi connectivity index (χ0v) is 10.6. The molecule has 2 saturated heterocycles. The number of hydrogen-bond donors (Lipinski definition) is 1. The molecule has 1 unspecified atom stereocenters. The lowest BCUT2D eigenvalue weighted by molar-refractivity contribution is -0.140. The van der Waals surface area contributed by atoms with Gasteiger partial charge in [0.2, 0.25) is 5.91 Å². The largest absolute Gasteiger partial charge is 0.381 e. The van der Waals surface area contributed by atoms with Crippen LogP contribution >= 0.6 is 0 Å². The van der Waals surface area contributed by atoms with Crippen LogP contribution in [0.15, 0.2) is 0 Å². The van der Waals surface area contributed by atoms with Crippen LogP contribution in [0, 0.1) is 5.92 Å². The molecule has 0 aromatic heterocycles. The molecule has 1 atom stereocenters. The van der Waals surface area contributed by atoms with Gasteiger partial charge in [0, 0.05) is 38.3 Å². The molecule has 0 saturated carbocycles. The molecular formula is C13H24N2O2. The summed E-state index contributed by atoms with van der Waals surface area (Å²) in [7, 11) is 0. The summed E-state index contributed by atoms with van der Waals surface area (Å²) in [5, 5.41) is 0. The monoisotopic (exact) mass is 240 g/mol. The summed E-state index contributed by atoms with van der Waals surface area (Å²) in [6.07, 6.45) is 6.41. The lowest BCUT2D eigenvalue weighted by Crippen LogP contribution is -2.47. The van der Waals surface area contributed by atoms with Crippen molar-refractivity contribution in [2.75, 3.05) is 26.3 Å². The molecule has 2 fully saturated rings. The van der Waals surface area contributed by atoms with Gasteiger partial charge in [-0.1, -0.05) is 12.8 Å². The molecule has 2 aliphatic rings. The van der Waals surface area contributed by atoms with E-state index in [4.69, 9.17) is 10.5 Å². The predicted octanol–water partition coefficient (Wildman–Crippen LogP) is 1.14. The number of nitrogens with zero attached hydrogens (tertiary/aromatic N) is 1. The van der Waals surface area contributed by atoms with Crippen LogP contribution in [0.3, 0.4) is 0 Å². The van der Waals surface area contributed by atoms with E-state index in [9.17, 15) is 4.79 Å². The van der Waals surface area contributed by atoms with E-state index >= 15 is 0 Å². The standard InChI is InChI=1S/C13H24N2O2/c14-10-12-4-2-1-3-7-15(12)13(16)11-5-8-17-9-6-11/h11-12H,1-10,14H2. The van der Waals surface area contributed by atoms with Crippen molar-refractivity contribution in [1.82, 2.24) is 4.90 Å². The highest BCUT2D eigenvalue weighted by atomic mass is 16.5. The van der Waals surface area contributed by atoms with Gasteiger partial charge >= 0.3 is 0 Å². The topological polar surface area (TPSA) is 55.6 Å². The fourth-order valence-electron chi connectivity index (χ4n) is 2.89. The van der Waals surface area contributed by atoms with Gasteiger partial charge < -0.3 is 15.4 Å². The second-order valence-electron chi connectivity index (χ2n) is 5.16. The summed E-state index contributed by atoms with van der Waals surface area (Å²) in [4.78, 5) is 14.5. The molecule has 0 aliphatic carbocycles. The predicted molar refractivity (Wildman–Crippen MR) is 66.6 cm³/mol. The minimum Gasteiger partial charge on any atom is -0.381 e. The minimum atomic E-state index is 0.177. The molecule has 17 heavy (non-hydrogen) atoms. The summed E-state index contributed by atoms with van der Waals surface area (Å²) in [5.74, 6) is 0.501. The SMILES string of the molecule is NCC1CCCCCN1C(=O)C1CCOCC1. The van der Waals surface area contributed by atoms with Gasteiger partial charge in [-0.15, -0.1) is 0 Å². The first-order valence-corrected chi connectivity index (χ1v) is 6.91. The van der Waals surface area contributed by atoms with Gasteiger partial charge in [0.25, 0.3) is 0 Å². The summed E-state index contributed by atoms with van der Waals surface area (Å²) < 4.78 is 5.32. The Morgan fingerprint density at radius 2 is 1.94 bits per heavy atom. The van der Waals surface area contributed by atoms with E-state index in [0.717, 1.165) is 45.4 Å². The third-order valence-electron chi connectivity index (χ3n) is 4.00. The molecule has 4 heteroatoms. The molecular weight excluding hydrogens is 216 g/mol. The van der Waals surface area contributed by atoms with E-state index in [-0.39, 0.29) is 12.0 Å². The first kappa shape index (κ1) is 12.8. The number of hydrogen-bond acceptors (Lipinski definition) is 3. The second kappa shape index (κ2) is 6.36. The van der Waals surface area contributed by atoms with Gasteiger partial charge in [0.15, 0.2) is 0 Å². The summed E-state index contributed by atoms with van der Waals surface area (Å²) >= 11 is 0. The van der Waals surface area contributed by atoms with E-state index in [1.54, 1.807) is 0 Å². The maximum Gasteiger partial charge on any atom is 0.226 e. The van der Waals surface area contributed by atoms with Crippen LogP contribution in [-0.2, 0) is 9.53 Å². The Bertz CT molecular complexity index is 252. The summed E-state index contributed by atoms with van der Waals surface area (Å²) in [6.45, 7) is 2.97. The zero-order chi connectivity index (χ0) is 12.1. The maximum atomic E-state index is 12.5. The van der Waals surface area contributed by atoms with Crippen LogP contribution in [-0.4, -0.2) is 43.2 Å². The van der Waals surface area contributed by atoms with Crippen molar-refractivity contribution in [3.05, 3.63) is 0 Å². The first-order valence-electron chi connectivity index (χ1n) is 6.91. The highest BCUT2D eigenvalue weighted by Gasteiger charge is 2.30. The number of carbonyl (C=O) groups excluding carboxylic acids is 1. The van der Waals surface area contributed by atoms with Crippen molar-refractivity contribution in [2.24, 2.45) is 11.7 Å². The molecule has 4 nitrogen and oxygen atoms in total. The van der Waals surface area contributed by atoms with Gasteiger partial charge in [-0.3, -0.25) is 4.79 Å². The Kier molecular flexibility index (Phi) is 4.80. The highest BCUT2D eigenvalue weighted by Crippen LogP contribution is 2.23. The molecule has 0 aromatic carbocycles. The van der Waals surface area contributed by atoms with Gasteiger partial charge in [-0.05, 0) is 25.7 Å². The van der Waals surface area contributed by atoms with Crippen LogP contribution in [0.5, 0.6) is 0 Å². The number of ether oxygens (including phenoxy) is 1. The molecule has 0 radical (unpaired) electrons. The molecule has 98 valence electrons. The van der Waals surface area contributed by atoms with Crippen molar-refractivity contribution in [3.8, 4) is 0 Å². The quantitative estimate of drug-likeness (QED) is 0.787. The molecule has 0 bridgehead atoms. The number of amides is 1. The third-order valence-corrected chi connectivity index (χ3v) is 4.00. The van der Waals surface area contributed by atoms with Crippen molar-refractivity contribution in [1.29, 1.82) is 0 Å².